The standard InChI is InChI=1S/C21H26N4O5S/c26-17-7-4-10-25(14-17)20(27)15-5-3-6-16(11-15)23-31(29,30)18-12-19(22-13-18)21(28)24-8-1-2-9-24/h3,5-6,11-13,17,22-23,26H,1-2,4,7-10,14H2/t17-/m1/s1. The van der Waals surface area contributed by atoms with Crippen molar-refractivity contribution in [1.29, 1.82) is 0 Å². The van der Waals surface area contributed by atoms with E-state index in [1.165, 1.54) is 18.3 Å². The minimum Gasteiger partial charge on any atom is -0.391 e. The van der Waals surface area contributed by atoms with E-state index in [1.807, 2.05) is 0 Å². The van der Waals surface area contributed by atoms with Crippen LogP contribution in [0.2, 0.25) is 0 Å². The summed E-state index contributed by atoms with van der Waals surface area (Å²) in [5.41, 5.74) is 0.820. The number of aliphatic hydroxyl groups is 1. The van der Waals surface area contributed by atoms with E-state index < -0.39 is 16.1 Å². The summed E-state index contributed by atoms with van der Waals surface area (Å²) in [6.07, 6.45) is 4.05. The number of amides is 2. The fraction of sp³-hybridized carbons (Fsp3) is 0.429. The smallest absolute Gasteiger partial charge is 0.270 e. The molecule has 166 valence electrons. The van der Waals surface area contributed by atoms with Crippen LogP contribution < -0.4 is 4.72 Å². The van der Waals surface area contributed by atoms with Gasteiger partial charge in [0.15, 0.2) is 0 Å². The summed E-state index contributed by atoms with van der Waals surface area (Å²) in [5, 5.41) is 9.80. The highest BCUT2D eigenvalue weighted by molar-refractivity contribution is 7.92. The lowest BCUT2D eigenvalue weighted by Gasteiger charge is -2.30. The summed E-state index contributed by atoms with van der Waals surface area (Å²) in [5.74, 6) is -0.463. The SMILES string of the molecule is O=C(c1cccc(NS(=O)(=O)c2c[nH]c(C(=O)N3CCCC3)c2)c1)N1CCC[C@@H](O)C1. The number of hydrogen-bond donors (Lipinski definition) is 3. The topological polar surface area (TPSA) is 123 Å². The molecule has 2 aliphatic heterocycles. The van der Waals surface area contributed by atoms with Crippen molar-refractivity contribution in [2.24, 2.45) is 0 Å². The number of nitrogens with one attached hydrogen (secondary N) is 2. The maximum atomic E-state index is 12.8. The molecule has 3 N–H and O–H groups in total. The number of aromatic amines is 1. The van der Waals surface area contributed by atoms with Gasteiger partial charge in [0.2, 0.25) is 0 Å². The largest absolute Gasteiger partial charge is 0.391 e. The monoisotopic (exact) mass is 446 g/mol. The van der Waals surface area contributed by atoms with Crippen LogP contribution in [0.15, 0.2) is 41.4 Å². The number of likely N-dealkylation sites (tertiary alicyclic amines) is 2. The zero-order valence-electron chi connectivity index (χ0n) is 17.1. The molecule has 1 aromatic carbocycles. The molecule has 2 saturated heterocycles. The third-order valence-electron chi connectivity index (χ3n) is 5.64. The number of rotatable bonds is 5. The van der Waals surface area contributed by atoms with Crippen LogP contribution in [0.4, 0.5) is 5.69 Å². The van der Waals surface area contributed by atoms with Crippen LogP contribution in [0.1, 0.15) is 46.5 Å². The van der Waals surface area contributed by atoms with Crippen molar-refractivity contribution in [2.45, 2.75) is 36.7 Å². The first-order valence-electron chi connectivity index (χ1n) is 10.4. The first-order chi connectivity index (χ1) is 14.8. The molecule has 0 radical (unpaired) electrons. The van der Waals surface area contributed by atoms with Crippen molar-refractivity contribution >= 4 is 27.5 Å². The van der Waals surface area contributed by atoms with E-state index >= 15 is 0 Å². The maximum Gasteiger partial charge on any atom is 0.270 e. The Morgan fingerprint density at radius 1 is 1.03 bits per heavy atom. The van der Waals surface area contributed by atoms with Crippen molar-refractivity contribution < 1.29 is 23.1 Å². The minimum absolute atomic E-state index is 0.0501. The number of piperidine rings is 1. The molecule has 2 aromatic rings. The molecule has 1 atom stereocenters. The van der Waals surface area contributed by atoms with Crippen LogP contribution >= 0.6 is 0 Å². The molecule has 0 saturated carbocycles. The number of sulfonamides is 1. The fourth-order valence-electron chi connectivity index (χ4n) is 4.00. The molecule has 9 nitrogen and oxygen atoms in total. The third kappa shape index (κ3) is 4.75. The predicted octanol–water partition coefficient (Wildman–Crippen LogP) is 1.65. The van der Waals surface area contributed by atoms with Gasteiger partial charge in [-0.3, -0.25) is 14.3 Å². The van der Waals surface area contributed by atoms with E-state index in [2.05, 4.69) is 9.71 Å². The van der Waals surface area contributed by atoms with Crippen molar-refractivity contribution in [3.8, 4) is 0 Å². The van der Waals surface area contributed by atoms with E-state index in [9.17, 15) is 23.1 Å². The minimum atomic E-state index is -3.94. The van der Waals surface area contributed by atoms with Gasteiger partial charge in [-0.1, -0.05) is 6.07 Å². The first kappa shape index (κ1) is 21.4. The Morgan fingerprint density at radius 3 is 2.52 bits per heavy atom. The molecule has 31 heavy (non-hydrogen) atoms. The van der Waals surface area contributed by atoms with Gasteiger partial charge in [0, 0.05) is 43.6 Å². The van der Waals surface area contributed by atoms with Gasteiger partial charge in [-0.15, -0.1) is 0 Å². The molecule has 1 aromatic heterocycles. The van der Waals surface area contributed by atoms with Gasteiger partial charge in [0.25, 0.3) is 21.8 Å². The lowest BCUT2D eigenvalue weighted by atomic mass is 10.1. The first-order valence-corrected chi connectivity index (χ1v) is 11.9. The molecular weight excluding hydrogens is 420 g/mol. The Bertz CT molecular complexity index is 1070. The van der Waals surface area contributed by atoms with Crippen LogP contribution in [0, 0.1) is 0 Å². The summed E-state index contributed by atoms with van der Waals surface area (Å²) < 4.78 is 28.1. The van der Waals surface area contributed by atoms with Gasteiger partial charge in [-0.25, -0.2) is 8.42 Å². The Labute approximate surface area is 181 Å². The van der Waals surface area contributed by atoms with Gasteiger partial charge < -0.3 is 19.9 Å². The lowest BCUT2D eigenvalue weighted by Crippen LogP contribution is -2.42. The lowest BCUT2D eigenvalue weighted by molar-refractivity contribution is 0.0474. The molecule has 2 amide bonds. The molecule has 10 heteroatoms. The van der Waals surface area contributed by atoms with Gasteiger partial charge in [-0.05, 0) is 49.9 Å². The second-order valence-electron chi connectivity index (χ2n) is 7.98. The van der Waals surface area contributed by atoms with Crippen LogP contribution in [0.3, 0.4) is 0 Å². The number of H-pyrrole nitrogens is 1. The fourth-order valence-corrected chi connectivity index (χ4v) is 5.04. The Kier molecular flexibility index (Phi) is 6.01. The molecule has 0 unspecified atom stereocenters. The normalized spacial score (nSPS) is 19.5. The zero-order valence-corrected chi connectivity index (χ0v) is 17.9. The van der Waals surface area contributed by atoms with Crippen molar-refractivity contribution in [2.75, 3.05) is 30.9 Å². The van der Waals surface area contributed by atoms with E-state index in [0.29, 0.717) is 31.6 Å². The van der Waals surface area contributed by atoms with Crippen LogP contribution in [-0.2, 0) is 10.0 Å². The summed E-state index contributed by atoms with van der Waals surface area (Å²) in [6.45, 7) is 2.18. The molecule has 3 heterocycles. The van der Waals surface area contributed by atoms with E-state index in [4.69, 9.17) is 0 Å². The van der Waals surface area contributed by atoms with Crippen molar-refractivity contribution in [1.82, 2.24) is 14.8 Å². The highest BCUT2D eigenvalue weighted by Crippen LogP contribution is 2.21. The molecule has 2 fully saturated rings. The number of nitrogens with zero attached hydrogens (tertiary/aromatic N) is 2. The molecule has 0 aliphatic carbocycles. The second kappa shape index (κ2) is 8.72. The van der Waals surface area contributed by atoms with Gasteiger partial charge in [-0.2, -0.15) is 0 Å². The number of aliphatic hydroxyl groups excluding tert-OH is 1. The van der Waals surface area contributed by atoms with Crippen LogP contribution in [0.25, 0.3) is 0 Å². The summed E-state index contributed by atoms with van der Waals surface area (Å²) in [7, 11) is -3.94. The van der Waals surface area contributed by atoms with E-state index in [1.54, 1.807) is 28.0 Å². The van der Waals surface area contributed by atoms with Gasteiger partial charge >= 0.3 is 0 Å². The number of hydrogen-bond acceptors (Lipinski definition) is 5. The molecule has 0 bridgehead atoms. The third-order valence-corrected chi connectivity index (χ3v) is 7.00. The number of carbonyl (C=O) groups is 2. The summed E-state index contributed by atoms with van der Waals surface area (Å²) in [4.78, 5) is 31.2. The molecule has 0 spiro atoms. The van der Waals surface area contributed by atoms with Crippen LogP contribution in [0.5, 0.6) is 0 Å². The van der Waals surface area contributed by atoms with Crippen LogP contribution in [-0.4, -0.2) is 72.4 Å². The predicted molar refractivity (Wildman–Crippen MR) is 114 cm³/mol. The highest BCUT2D eigenvalue weighted by Gasteiger charge is 2.25. The van der Waals surface area contributed by atoms with Gasteiger partial charge in [0.05, 0.1) is 6.10 Å². The molecule has 2 aliphatic rings. The molecule has 4 rings (SSSR count). The number of anilines is 1. The Hall–Kier alpha value is -2.85. The Balaban J connectivity index is 1.48. The van der Waals surface area contributed by atoms with Crippen molar-refractivity contribution in [3.63, 3.8) is 0 Å². The van der Waals surface area contributed by atoms with E-state index in [-0.39, 0.29) is 34.6 Å². The highest BCUT2D eigenvalue weighted by atomic mass is 32.2. The Morgan fingerprint density at radius 2 is 1.77 bits per heavy atom. The average Bonchev–Trinajstić information content (AvgIpc) is 3.45. The van der Waals surface area contributed by atoms with E-state index in [0.717, 1.165) is 19.3 Å². The summed E-state index contributed by atoms with van der Waals surface area (Å²) >= 11 is 0. The number of benzene rings is 1. The summed E-state index contributed by atoms with van der Waals surface area (Å²) in [6, 6.07) is 7.58. The average molecular weight is 447 g/mol. The quantitative estimate of drug-likeness (QED) is 0.645. The zero-order chi connectivity index (χ0) is 22.0. The maximum absolute atomic E-state index is 12.8. The number of aromatic nitrogens is 1. The molecular formula is C21H26N4O5S. The number of β-amino-alcohol motifs (C(OH)–C–C–N with tert-alkyl or cyclic N) is 1. The number of carbonyl (C=O) groups excluding carboxylic acids is 2. The van der Waals surface area contributed by atoms with Crippen molar-refractivity contribution in [3.05, 3.63) is 47.8 Å². The van der Waals surface area contributed by atoms with Gasteiger partial charge in [0.1, 0.15) is 10.6 Å². The second-order valence-corrected chi connectivity index (χ2v) is 9.66.